The lowest BCUT2D eigenvalue weighted by atomic mass is 9.73. The number of hydrogen-bond donors (Lipinski definition) is 3. The molecule has 0 bridgehead atoms. The molecule has 6 nitrogen and oxygen atoms in total. The summed E-state index contributed by atoms with van der Waals surface area (Å²) in [5.41, 5.74) is 0.698. The van der Waals surface area contributed by atoms with Gasteiger partial charge in [-0.05, 0) is 12.8 Å². The number of aromatic nitrogens is 1. The molecule has 1 aromatic heterocycles. The average molecular weight is 343 g/mol. The predicted molar refractivity (Wildman–Crippen MR) is 94.8 cm³/mol. The van der Waals surface area contributed by atoms with Crippen molar-refractivity contribution < 1.29 is 14.3 Å². The molecule has 2 atom stereocenters. The first-order valence-electron chi connectivity index (χ1n) is 8.77. The normalized spacial score (nSPS) is 23.2. The van der Waals surface area contributed by atoms with Gasteiger partial charge in [0.1, 0.15) is 0 Å². The Morgan fingerprint density at radius 2 is 2.12 bits per heavy atom. The van der Waals surface area contributed by atoms with Crippen molar-refractivity contribution in [1.82, 2.24) is 15.6 Å². The van der Waals surface area contributed by atoms with Crippen LogP contribution in [0.25, 0.3) is 11.3 Å². The summed E-state index contributed by atoms with van der Waals surface area (Å²) in [7, 11) is 0. The van der Waals surface area contributed by atoms with E-state index in [4.69, 9.17) is 4.42 Å². The summed E-state index contributed by atoms with van der Waals surface area (Å²) in [5, 5.41) is 15.8. The van der Waals surface area contributed by atoms with Gasteiger partial charge in [-0.25, -0.2) is 9.78 Å². The fourth-order valence-electron chi connectivity index (χ4n) is 3.22. The van der Waals surface area contributed by atoms with Crippen LogP contribution in [0.1, 0.15) is 38.5 Å². The maximum atomic E-state index is 12.0. The van der Waals surface area contributed by atoms with Gasteiger partial charge in [-0.3, -0.25) is 0 Å². The van der Waals surface area contributed by atoms with Crippen molar-refractivity contribution in [3.63, 3.8) is 0 Å². The van der Waals surface area contributed by atoms with Gasteiger partial charge in [-0.2, -0.15) is 0 Å². The smallest absolute Gasteiger partial charge is 0.315 e. The van der Waals surface area contributed by atoms with Gasteiger partial charge in [-0.15, -0.1) is 0 Å². The Hall–Kier alpha value is -2.34. The van der Waals surface area contributed by atoms with Crippen LogP contribution in [-0.4, -0.2) is 28.8 Å². The molecule has 0 radical (unpaired) electrons. The molecule has 0 spiro atoms. The Kier molecular flexibility index (Phi) is 5.38. The van der Waals surface area contributed by atoms with Gasteiger partial charge >= 0.3 is 6.03 Å². The summed E-state index contributed by atoms with van der Waals surface area (Å²) in [6.07, 6.45) is 5.17. The zero-order valence-corrected chi connectivity index (χ0v) is 14.5. The van der Waals surface area contributed by atoms with Crippen molar-refractivity contribution in [2.75, 3.05) is 6.54 Å². The standard InChI is InChI=1S/C19H25N3O3/c1-19(10-6-5-9-16(19)23)13-22-18(24)21-12-17-20-11-15(25-17)14-7-3-2-4-8-14/h2-4,7-8,11,16,23H,5-6,9-10,12-13H2,1H3,(H2,21,22,24). The third-order valence-corrected chi connectivity index (χ3v) is 4.94. The van der Waals surface area contributed by atoms with Crippen molar-refractivity contribution in [3.05, 3.63) is 42.4 Å². The Bertz CT molecular complexity index is 701. The number of hydrogen-bond acceptors (Lipinski definition) is 4. The van der Waals surface area contributed by atoms with Crippen LogP contribution < -0.4 is 10.6 Å². The number of carbonyl (C=O) groups excluding carboxylic acids is 1. The van der Waals surface area contributed by atoms with Crippen molar-refractivity contribution in [1.29, 1.82) is 0 Å². The zero-order chi connectivity index (χ0) is 17.7. The van der Waals surface area contributed by atoms with E-state index in [-0.39, 0.29) is 24.1 Å². The molecule has 3 rings (SSSR count). The Balaban J connectivity index is 1.47. The van der Waals surface area contributed by atoms with E-state index in [9.17, 15) is 9.90 Å². The second-order valence-corrected chi connectivity index (χ2v) is 6.94. The molecule has 0 saturated heterocycles. The first kappa shape index (κ1) is 17.5. The molecule has 3 N–H and O–H groups in total. The van der Waals surface area contributed by atoms with Crippen LogP contribution in [-0.2, 0) is 6.54 Å². The highest BCUT2D eigenvalue weighted by atomic mass is 16.4. The summed E-state index contributed by atoms with van der Waals surface area (Å²) in [5.74, 6) is 1.13. The van der Waals surface area contributed by atoms with Crippen LogP contribution in [0.4, 0.5) is 4.79 Å². The third kappa shape index (κ3) is 4.39. The van der Waals surface area contributed by atoms with Gasteiger partial charge in [0.25, 0.3) is 0 Å². The minimum atomic E-state index is -0.360. The number of carbonyl (C=O) groups is 1. The monoisotopic (exact) mass is 343 g/mol. The number of nitrogens with zero attached hydrogens (tertiary/aromatic N) is 1. The fourth-order valence-corrected chi connectivity index (χ4v) is 3.22. The second-order valence-electron chi connectivity index (χ2n) is 6.94. The van der Waals surface area contributed by atoms with Crippen LogP contribution >= 0.6 is 0 Å². The molecule has 134 valence electrons. The van der Waals surface area contributed by atoms with Gasteiger partial charge in [-0.1, -0.05) is 50.1 Å². The lowest BCUT2D eigenvalue weighted by Gasteiger charge is -2.38. The number of benzene rings is 1. The minimum absolute atomic E-state index is 0.220. The molecule has 1 heterocycles. The highest BCUT2D eigenvalue weighted by molar-refractivity contribution is 5.73. The number of urea groups is 1. The average Bonchev–Trinajstić information content (AvgIpc) is 3.11. The lowest BCUT2D eigenvalue weighted by Crippen LogP contribution is -2.47. The maximum absolute atomic E-state index is 12.0. The molecule has 6 heteroatoms. The van der Waals surface area contributed by atoms with Gasteiger partial charge in [0.15, 0.2) is 5.76 Å². The Morgan fingerprint density at radius 3 is 2.88 bits per heavy atom. The van der Waals surface area contributed by atoms with E-state index in [2.05, 4.69) is 15.6 Å². The number of nitrogens with one attached hydrogen (secondary N) is 2. The SMILES string of the molecule is CC1(CNC(=O)NCc2ncc(-c3ccccc3)o2)CCCCC1O. The van der Waals surface area contributed by atoms with E-state index in [1.54, 1.807) is 6.20 Å². The summed E-state index contributed by atoms with van der Waals surface area (Å²) in [6, 6.07) is 9.42. The summed E-state index contributed by atoms with van der Waals surface area (Å²) >= 11 is 0. The number of aliphatic hydroxyl groups excluding tert-OH is 1. The van der Waals surface area contributed by atoms with Gasteiger partial charge in [0, 0.05) is 17.5 Å². The van der Waals surface area contributed by atoms with Gasteiger partial charge in [0.05, 0.1) is 18.8 Å². The summed E-state index contributed by atoms with van der Waals surface area (Å²) in [4.78, 5) is 16.2. The van der Waals surface area contributed by atoms with E-state index >= 15 is 0 Å². The van der Waals surface area contributed by atoms with E-state index in [0.29, 0.717) is 18.2 Å². The molecule has 0 aliphatic heterocycles. The quantitative estimate of drug-likeness (QED) is 0.778. The van der Waals surface area contributed by atoms with Crippen LogP contribution in [0.5, 0.6) is 0 Å². The van der Waals surface area contributed by atoms with Crippen LogP contribution in [0, 0.1) is 5.41 Å². The minimum Gasteiger partial charge on any atom is -0.439 e. The number of rotatable bonds is 5. The van der Waals surface area contributed by atoms with Gasteiger partial charge in [0.2, 0.25) is 5.89 Å². The van der Waals surface area contributed by atoms with E-state index < -0.39 is 0 Å². The highest BCUT2D eigenvalue weighted by Crippen LogP contribution is 2.35. The third-order valence-electron chi connectivity index (χ3n) is 4.94. The fraction of sp³-hybridized carbons (Fsp3) is 0.474. The molecule has 2 unspecified atom stereocenters. The topological polar surface area (TPSA) is 87.4 Å². The Labute approximate surface area is 147 Å². The number of amides is 2. The number of oxazole rings is 1. The van der Waals surface area contributed by atoms with Gasteiger partial charge < -0.3 is 20.2 Å². The molecular formula is C19H25N3O3. The van der Waals surface area contributed by atoms with E-state index in [1.807, 2.05) is 37.3 Å². The molecule has 1 aliphatic rings. The second kappa shape index (κ2) is 7.70. The zero-order valence-electron chi connectivity index (χ0n) is 14.5. The molecule has 1 aromatic carbocycles. The first-order valence-corrected chi connectivity index (χ1v) is 8.77. The first-order chi connectivity index (χ1) is 12.1. The molecule has 1 fully saturated rings. The molecular weight excluding hydrogens is 318 g/mol. The summed E-state index contributed by atoms with van der Waals surface area (Å²) < 4.78 is 5.66. The summed E-state index contributed by atoms with van der Waals surface area (Å²) in [6.45, 7) is 2.70. The van der Waals surface area contributed by atoms with Crippen molar-refractivity contribution in [3.8, 4) is 11.3 Å². The van der Waals surface area contributed by atoms with Crippen molar-refractivity contribution in [2.24, 2.45) is 5.41 Å². The lowest BCUT2D eigenvalue weighted by molar-refractivity contribution is 0.00308. The van der Waals surface area contributed by atoms with E-state index in [1.165, 1.54) is 0 Å². The number of aliphatic hydroxyl groups is 1. The van der Waals surface area contributed by atoms with E-state index in [0.717, 1.165) is 31.2 Å². The van der Waals surface area contributed by atoms with Crippen molar-refractivity contribution in [2.45, 2.75) is 45.3 Å². The van der Waals surface area contributed by atoms with Crippen LogP contribution in [0.2, 0.25) is 0 Å². The van der Waals surface area contributed by atoms with Crippen LogP contribution in [0.3, 0.4) is 0 Å². The highest BCUT2D eigenvalue weighted by Gasteiger charge is 2.35. The maximum Gasteiger partial charge on any atom is 0.315 e. The Morgan fingerprint density at radius 1 is 1.32 bits per heavy atom. The van der Waals surface area contributed by atoms with Crippen LogP contribution in [0.15, 0.2) is 40.9 Å². The van der Waals surface area contributed by atoms with Crippen molar-refractivity contribution >= 4 is 6.03 Å². The molecule has 25 heavy (non-hydrogen) atoms. The largest absolute Gasteiger partial charge is 0.439 e. The molecule has 2 amide bonds. The molecule has 1 aliphatic carbocycles. The predicted octanol–water partition coefficient (Wildman–Crippen LogP) is 3.08. The molecule has 1 saturated carbocycles. The molecule has 2 aromatic rings.